The summed E-state index contributed by atoms with van der Waals surface area (Å²) in [5.74, 6) is -2.67. The van der Waals surface area contributed by atoms with Crippen LogP contribution in [0, 0.1) is 17.5 Å². The molecule has 0 aliphatic carbocycles. The van der Waals surface area contributed by atoms with Crippen molar-refractivity contribution in [2.24, 2.45) is 0 Å². The van der Waals surface area contributed by atoms with Gasteiger partial charge >= 0.3 is 0 Å². The Balaban J connectivity index is 1.87. The molecule has 2 N–H and O–H groups in total. The first-order valence-corrected chi connectivity index (χ1v) is 9.15. The number of fused-ring (bicyclic) bond motifs is 1. The van der Waals surface area contributed by atoms with Crippen molar-refractivity contribution in [1.29, 1.82) is 0 Å². The monoisotopic (exact) mass is 423 g/mol. The van der Waals surface area contributed by atoms with E-state index in [1.165, 1.54) is 31.5 Å². The van der Waals surface area contributed by atoms with Crippen LogP contribution in [0.15, 0.2) is 61.4 Å². The molecule has 0 atom stereocenters. The van der Waals surface area contributed by atoms with Gasteiger partial charge in [-0.3, -0.25) is 4.79 Å². The van der Waals surface area contributed by atoms with Gasteiger partial charge in [-0.05, 0) is 36.4 Å². The lowest BCUT2D eigenvalue weighted by atomic mass is 10.0. The largest absolute Gasteiger partial charge is 0.493 e. The van der Waals surface area contributed by atoms with E-state index < -0.39 is 23.4 Å². The van der Waals surface area contributed by atoms with Crippen LogP contribution in [0.4, 0.5) is 18.9 Å². The van der Waals surface area contributed by atoms with Crippen LogP contribution >= 0.6 is 0 Å². The Hall–Kier alpha value is -4.07. The summed E-state index contributed by atoms with van der Waals surface area (Å²) in [7, 11) is 1.29. The van der Waals surface area contributed by atoms with Crippen molar-refractivity contribution in [3.8, 4) is 28.0 Å². The second-order valence-corrected chi connectivity index (χ2v) is 6.68. The maximum absolute atomic E-state index is 14.6. The molecule has 0 radical (unpaired) electrons. The molecule has 0 aliphatic heterocycles. The van der Waals surface area contributed by atoms with E-state index in [-0.39, 0.29) is 16.9 Å². The topological polar surface area (TPSA) is 67.0 Å². The zero-order valence-corrected chi connectivity index (χ0v) is 16.3. The number of carbonyl (C=O) groups excluding carboxylic acids is 1. The fourth-order valence-corrected chi connectivity index (χ4v) is 3.36. The summed E-state index contributed by atoms with van der Waals surface area (Å²) in [4.78, 5) is 18.8. The summed E-state index contributed by atoms with van der Waals surface area (Å²) >= 11 is 0. The van der Waals surface area contributed by atoms with Crippen molar-refractivity contribution in [1.82, 2.24) is 9.97 Å². The number of anilines is 1. The molecule has 156 valence electrons. The van der Waals surface area contributed by atoms with E-state index in [1.54, 1.807) is 12.3 Å². The predicted octanol–water partition coefficient (Wildman–Crippen LogP) is 5.45. The number of nitrogens with zero attached hydrogens (tertiary/aromatic N) is 1. The third-order valence-corrected chi connectivity index (χ3v) is 4.76. The van der Waals surface area contributed by atoms with Crippen LogP contribution < -0.4 is 10.1 Å². The molecule has 8 heteroatoms. The average Bonchev–Trinajstić information content (AvgIpc) is 3.17. The highest BCUT2D eigenvalue weighted by Crippen LogP contribution is 2.38. The molecule has 31 heavy (non-hydrogen) atoms. The number of benzene rings is 2. The maximum atomic E-state index is 14.6. The van der Waals surface area contributed by atoms with Crippen LogP contribution in [0.3, 0.4) is 0 Å². The van der Waals surface area contributed by atoms with Gasteiger partial charge < -0.3 is 15.0 Å². The van der Waals surface area contributed by atoms with Gasteiger partial charge in [0.15, 0.2) is 11.6 Å². The summed E-state index contributed by atoms with van der Waals surface area (Å²) in [6.45, 7) is 3.38. The lowest BCUT2D eigenvalue weighted by Crippen LogP contribution is -2.07. The second-order valence-electron chi connectivity index (χ2n) is 6.68. The van der Waals surface area contributed by atoms with Gasteiger partial charge in [-0.15, -0.1) is 0 Å². The van der Waals surface area contributed by atoms with Gasteiger partial charge in [0.25, 0.3) is 0 Å². The Labute approximate surface area is 175 Å². The van der Waals surface area contributed by atoms with Gasteiger partial charge in [0.2, 0.25) is 5.91 Å². The number of H-pyrrole nitrogens is 1. The van der Waals surface area contributed by atoms with Gasteiger partial charge in [0, 0.05) is 51.8 Å². The highest BCUT2D eigenvalue weighted by atomic mass is 19.1. The minimum absolute atomic E-state index is 0.118. The van der Waals surface area contributed by atoms with Crippen molar-refractivity contribution in [3.05, 3.63) is 78.9 Å². The number of hydrogen-bond donors (Lipinski definition) is 2. The zero-order valence-electron chi connectivity index (χ0n) is 16.3. The molecule has 4 aromatic rings. The summed E-state index contributed by atoms with van der Waals surface area (Å²) in [6, 6.07) is 7.65. The lowest BCUT2D eigenvalue weighted by Gasteiger charge is -2.10. The number of methoxy groups -OCH3 is 1. The SMILES string of the molecule is C=CC(=O)Nc1ccc(F)c(-c2cnc3[nH]cc(-c4cc(F)cc(F)c4OC)c3c2)c1. The van der Waals surface area contributed by atoms with Crippen molar-refractivity contribution >= 4 is 22.6 Å². The van der Waals surface area contributed by atoms with Crippen molar-refractivity contribution in [2.75, 3.05) is 12.4 Å². The molecule has 2 aromatic carbocycles. The van der Waals surface area contributed by atoms with Crippen LogP contribution in [0.2, 0.25) is 0 Å². The first-order valence-electron chi connectivity index (χ1n) is 9.15. The van der Waals surface area contributed by atoms with Crippen molar-refractivity contribution < 1.29 is 22.7 Å². The Kier molecular flexibility index (Phi) is 5.21. The molecule has 2 aromatic heterocycles. The van der Waals surface area contributed by atoms with E-state index in [1.807, 2.05) is 0 Å². The molecule has 0 unspecified atom stereocenters. The Morgan fingerprint density at radius 1 is 1.10 bits per heavy atom. The molecule has 4 rings (SSSR count). The fraction of sp³-hybridized carbons (Fsp3) is 0.0435. The van der Waals surface area contributed by atoms with E-state index in [0.717, 1.165) is 18.2 Å². The first-order chi connectivity index (χ1) is 14.9. The molecule has 0 saturated heterocycles. The van der Waals surface area contributed by atoms with Crippen LogP contribution in [0.5, 0.6) is 5.75 Å². The van der Waals surface area contributed by atoms with E-state index in [2.05, 4.69) is 21.9 Å². The summed E-state index contributed by atoms with van der Waals surface area (Å²) in [5, 5.41) is 3.09. The zero-order chi connectivity index (χ0) is 22.1. The Morgan fingerprint density at radius 2 is 1.90 bits per heavy atom. The van der Waals surface area contributed by atoms with Gasteiger partial charge in [-0.25, -0.2) is 18.2 Å². The second kappa shape index (κ2) is 7.98. The quantitative estimate of drug-likeness (QED) is 0.420. The summed E-state index contributed by atoms with van der Waals surface area (Å²) in [5.41, 5.74) is 2.07. The predicted molar refractivity (Wildman–Crippen MR) is 112 cm³/mol. The molecule has 0 bridgehead atoms. The third kappa shape index (κ3) is 3.75. The average molecular weight is 423 g/mol. The minimum Gasteiger partial charge on any atom is -0.493 e. The van der Waals surface area contributed by atoms with E-state index in [4.69, 9.17) is 4.74 Å². The molecular formula is C23H16F3N3O2. The number of pyridine rings is 1. The minimum atomic E-state index is -0.840. The number of nitrogens with one attached hydrogen (secondary N) is 2. The van der Waals surface area contributed by atoms with Gasteiger partial charge in [-0.1, -0.05) is 6.58 Å². The number of rotatable bonds is 5. The van der Waals surface area contributed by atoms with Gasteiger partial charge in [0.05, 0.1) is 7.11 Å². The molecule has 0 saturated carbocycles. The number of carbonyl (C=O) groups is 1. The highest BCUT2D eigenvalue weighted by Gasteiger charge is 2.18. The van der Waals surface area contributed by atoms with E-state index in [9.17, 15) is 18.0 Å². The number of ether oxygens (including phenoxy) is 1. The maximum Gasteiger partial charge on any atom is 0.247 e. The van der Waals surface area contributed by atoms with Crippen molar-refractivity contribution in [3.63, 3.8) is 0 Å². The van der Waals surface area contributed by atoms with Crippen molar-refractivity contribution in [2.45, 2.75) is 0 Å². The van der Waals surface area contributed by atoms with Crippen LogP contribution in [0.1, 0.15) is 0 Å². The summed E-state index contributed by atoms with van der Waals surface area (Å²) in [6.07, 6.45) is 4.12. The molecule has 2 heterocycles. The molecular weight excluding hydrogens is 407 g/mol. The van der Waals surface area contributed by atoms with Gasteiger partial charge in [-0.2, -0.15) is 0 Å². The van der Waals surface area contributed by atoms with Crippen LogP contribution in [-0.2, 0) is 4.79 Å². The van der Waals surface area contributed by atoms with Crippen LogP contribution in [-0.4, -0.2) is 23.0 Å². The fourth-order valence-electron chi connectivity index (χ4n) is 3.36. The van der Waals surface area contributed by atoms with Crippen LogP contribution in [0.25, 0.3) is 33.3 Å². The lowest BCUT2D eigenvalue weighted by molar-refractivity contribution is -0.111. The smallest absolute Gasteiger partial charge is 0.247 e. The number of aromatic amines is 1. The highest BCUT2D eigenvalue weighted by molar-refractivity contribution is 6.00. The number of aromatic nitrogens is 2. The normalized spacial score (nSPS) is 10.8. The number of halogens is 3. The molecule has 0 fully saturated rings. The molecule has 5 nitrogen and oxygen atoms in total. The summed E-state index contributed by atoms with van der Waals surface area (Å²) < 4.78 is 47.8. The molecule has 0 spiro atoms. The third-order valence-electron chi connectivity index (χ3n) is 4.76. The molecule has 1 amide bonds. The number of hydrogen-bond acceptors (Lipinski definition) is 3. The number of amides is 1. The Bertz CT molecular complexity index is 1330. The molecule has 0 aliphatic rings. The first kappa shape index (κ1) is 20.2. The van der Waals surface area contributed by atoms with E-state index >= 15 is 0 Å². The standard InChI is InChI=1S/C23H16F3N3O2/c1-3-21(30)29-14-4-5-19(25)15(9-14)12-6-17-18(11-28-23(17)27-10-12)16-7-13(24)8-20(26)22(16)31-2/h3-11H,1H2,2H3,(H,27,28)(H,29,30). The Morgan fingerprint density at radius 3 is 2.65 bits per heavy atom. The van der Waals surface area contributed by atoms with Gasteiger partial charge in [0.1, 0.15) is 17.3 Å². The van der Waals surface area contributed by atoms with E-state index in [0.29, 0.717) is 27.8 Å².